The van der Waals surface area contributed by atoms with Gasteiger partial charge in [0.1, 0.15) is 0 Å². The van der Waals surface area contributed by atoms with Crippen molar-refractivity contribution in [1.29, 1.82) is 0 Å². The molecule has 1 aliphatic carbocycles. The van der Waals surface area contributed by atoms with Crippen molar-refractivity contribution in [1.82, 2.24) is 4.90 Å². The largest absolute Gasteiger partial charge is 0.375 e. The summed E-state index contributed by atoms with van der Waals surface area (Å²) in [5, 5.41) is 0. The zero-order valence-corrected chi connectivity index (χ0v) is 13.2. The third kappa shape index (κ3) is 5.41. The maximum atomic E-state index is 6.15. The van der Waals surface area contributed by atoms with Crippen LogP contribution in [0.3, 0.4) is 0 Å². The van der Waals surface area contributed by atoms with Gasteiger partial charge in [0.2, 0.25) is 0 Å². The lowest BCUT2D eigenvalue weighted by atomic mass is 9.84. The average Bonchev–Trinajstić information content (AvgIpc) is 2.28. The van der Waals surface area contributed by atoms with E-state index < -0.39 is 0 Å². The van der Waals surface area contributed by atoms with E-state index in [-0.39, 0.29) is 5.60 Å². The highest BCUT2D eigenvalue weighted by molar-refractivity contribution is 4.80. The molecule has 3 heteroatoms. The van der Waals surface area contributed by atoms with Gasteiger partial charge in [-0.2, -0.15) is 0 Å². The molecular weight excluding hydrogens is 238 g/mol. The standard InChI is InChI=1S/C16H31NO2/c1-13-11-15(12-13)19-14-5-7-17(8-6-14)9-10-18-16(2,3)4/h13-15H,5-12H2,1-4H3. The smallest absolute Gasteiger partial charge is 0.0603 e. The van der Waals surface area contributed by atoms with Crippen LogP contribution in [0, 0.1) is 5.92 Å². The van der Waals surface area contributed by atoms with E-state index in [1.54, 1.807) is 0 Å². The van der Waals surface area contributed by atoms with Crippen LogP contribution in [0.25, 0.3) is 0 Å². The fourth-order valence-electron chi connectivity index (χ4n) is 2.96. The van der Waals surface area contributed by atoms with Crippen molar-refractivity contribution in [3.8, 4) is 0 Å². The Morgan fingerprint density at radius 3 is 2.21 bits per heavy atom. The summed E-state index contributed by atoms with van der Waals surface area (Å²) in [6.07, 6.45) is 6.02. The van der Waals surface area contributed by atoms with Crippen molar-refractivity contribution in [3.05, 3.63) is 0 Å². The number of rotatable bonds is 5. The second-order valence-corrected chi connectivity index (χ2v) is 7.34. The Hall–Kier alpha value is -0.120. The molecule has 0 unspecified atom stereocenters. The van der Waals surface area contributed by atoms with Gasteiger partial charge in [0.15, 0.2) is 0 Å². The number of nitrogens with zero attached hydrogens (tertiary/aromatic N) is 1. The Kier molecular flexibility index (Phi) is 5.27. The molecule has 0 bridgehead atoms. The van der Waals surface area contributed by atoms with E-state index >= 15 is 0 Å². The molecule has 1 saturated heterocycles. The molecule has 0 aromatic heterocycles. The molecule has 0 aromatic carbocycles. The molecule has 1 saturated carbocycles. The first kappa shape index (κ1) is 15.3. The normalized spacial score (nSPS) is 30.3. The topological polar surface area (TPSA) is 21.7 Å². The maximum Gasteiger partial charge on any atom is 0.0603 e. The number of piperidine rings is 1. The summed E-state index contributed by atoms with van der Waals surface area (Å²) in [4.78, 5) is 2.51. The first-order valence-electron chi connectivity index (χ1n) is 7.94. The monoisotopic (exact) mass is 269 g/mol. The highest BCUT2D eigenvalue weighted by atomic mass is 16.5. The van der Waals surface area contributed by atoms with Gasteiger partial charge in [-0.1, -0.05) is 6.92 Å². The van der Waals surface area contributed by atoms with Crippen molar-refractivity contribution in [3.63, 3.8) is 0 Å². The summed E-state index contributed by atoms with van der Waals surface area (Å²) in [6, 6.07) is 0. The molecule has 0 aromatic rings. The Morgan fingerprint density at radius 1 is 1.05 bits per heavy atom. The van der Waals surface area contributed by atoms with E-state index in [4.69, 9.17) is 9.47 Å². The molecule has 2 rings (SSSR count). The molecule has 0 N–H and O–H groups in total. The highest BCUT2D eigenvalue weighted by Gasteiger charge is 2.30. The lowest BCUT2D eigenvalue weighted by Crippen LogP contribution is -2.42. The zero-order chi connectivity index (χ0) is 13.9. The number of likely N-dealkylation sites (tertiary alicyclic amines) is 1. The summed E-state index contributed by atoms with van der Waals surface area (Å²) in [6.45, 7) is 12.9. The van der Waals surface area contributed by atoms with Crippen LogP contribution in [0.4, 0.5) is 0 Å². The summed E-state index contributed by atoms with van der Waals surface area (Å²) < 4.78 is 11.9. The van der Waals surface area contributed by atoms with Crippen molar-refractivity contribution < 1.29 is 9.47 Å². The third-order valence-electron chi connectivity index (χ3n) is 4.19. The lowest BCUT2D eigenvalue weighted by molar-refractivity contribution is -0.0932. The summed E-state index contributed by atoms with van der Waals surface area (Å²) in [5.41, 5.74) is -0.0116. The second-order valence-electron chi connectivity index (χ2n) is 7.34. The van der Waals surface area contributed by atoms with Gasteiger partial charge >= 0.3 is 0 Å². The molecular formula is C16H31NO2. The quantitative estimate of drug-likeness (QED) is 0.765. The van der Waals surface area contributed by atoms with Crippen LogP contribution in [0.5, 0.6) is 0 Å². The molecule has 112 valence electrons. The number of ether oxygens (including phenoxy) is 2. The number of hydrogen-bond donors (Lipinski definition) is 0. The minimum Gasteiger partial charge on any atom is -0.375 e. The van der Waals surface area contributed by atoms with Gasteiger partial charge in [-0.05, 0) is 52.4 Å². The molecule has 19 heavy (non-hydrogen) atoms. The predicted octanol–water partition coefficient (Wildman–Crippen LogP) is 3.08. The summed E-state index contributed by atoms with van der Waals surface area (Å²) >= 11 is 0. The Labute approximate surface area is 118 Å². The predicted molar refractivity (Wildman–Crippen MR) is 78.4 cm³/mol. The second kappa shape index (κ2) is 6.55. The van der Waals surface area contributed by atoms with Gasteiger partial charge in [0, 0.05) is 19.6 Å². The molecule has 1 heterocycles. The van der Waals surface area contributed by atoms with Crippen LogP contribution in [-0.2, 0) is 9.47 Å². The van der Waals surface area contributed by atoms with Gasteiger partial charge in [-0.3, -0.25) is 0 Å². The van der Waals surface area contributed by atoms with Crippen molar-refractivity contribution in [2.75, 3.05) is 26.2 Å². The minimum atomic E-state index is -0.0116. The van der Waals surface area contributed by atoms with Crippen LogP contribution in [0.2, 0.25) is 0 Å². The van der Waals surface area contributed by atoms with E-state index in [0.717, 1.165) is 19.1 Å². The van der Waals surface area contributed by atoms with E-state index in [9.17, 15) is 0 Å². The molecule has 3 nitrogen and oxygen atoms in total. The van der Waals surface area contributed by atoms with Crippen molar-refractivity contribution >= 4 is 0 Å². The van der Waals surface area contributed by atoms with Gasteiger partial charge in [-0.25, -0.2) is 0 Å². The Bertz CT molecular complexity index is 260. The van der Waals surface area contributed by atoms with Gasteiger partial charge < -0.3 is 14.4 Å². The lowest BCUT2D eigenvalue weighted by Gasteiger charge is -2.39. The van der Waals surface area contributed by atoms with Crippen molar-refractivity contribution in [2.45, 2.75) is 71.2 Å². The molecule has 0 spiro atoms. The first-order chi connectivity index (χ1) is 8.92. The SMILES string of the molecule is CC1CC(OC2CCN(CCOC(C)(C)C)CC2)C1. The van der Waals surface area contributed by atoms with Crippen LogP contribution >= 0.6 is 0 Å². The van der Waals surface area contributed by atoms with Gasteiger partial charge in [0.05, 0.1) is 24.4 Å². The fourth-order valence-corrected chi connectivity index (χ4v) is 2.96. The van der Waals surface area contributed by atoms with E-state index in [1.165, 1.54) is 38.8 Å². The number of hydrogen-bond acceptors (Lipinski definition) is 3. The Balaban J connectivity index is 1.55. The molecule has 0 atom stereocenters. The summed E-state index contributed by atoms with van der Waals surface area (Å²) in [5.74, 6) is 0.889. The molecule has 2 aliphatic rings. The molecule has 2 fully saturated rings. The van der Waals surface area contributed by atoms with Crippen LogP contribution in [0.1, 0.15) is 53.4 Å². The van der Waals surface area contributed by atoms with E-state index in [2.05, 4.69) is 32.6 Å². The molecule has 0 amide bonds. The average molecular weight is 269 g/mol. The zero-order valence-electron chi connectivity index (χ0n) is 13.2. The van der Waals surface area contributed by atoms with Gasteiger partial charge in [-0.15, -0.1) is 0 Å². The van der Waals surface area contributed by atoms with Crippen LogP contribution in [0.15, 0.2) is 0 Å². The van der Waals surface area contributed by atoms with Crippen LogP contribution in [-0.4, -0.2) is 49.0 Å². The van der Waals surface area contributed by atoms with Crippen molar-refractivity contribution in [2.24, 2.45) is 5.92 Å². The highest BCUT2D eigenvalue weighted by Crippen LogP contribution is 2.31. The van der Waals surface area contributed by atoms with Crippen LogP contribution < -0.4 is 0 Å². The molecule has 1 aliphatic heterocycles. The van der Waals surface area contributed by atoms with Gasteiger partial charge in [0.25, 0.3) is 0 Å². The maximum absolute atomic E-state index is 6.15. The minimum absolute atomic E-state index is 0.0116. The summed E-state index contributed by atoms with van der Waals surface area (Å²) in [7, 11) is 0. The third-order valence-corrected chi connectivity index (χ3v) is 4.19. The fraction of sp³-hybridized carbons (Fsp3) is 1.00. The molecule has 0 radical (unpaired) electrons. The van der Waals surface area contributed by atoms with E-state index in [1.807, 2.05) is 0 Å². The Morgan fingerprint density at radius 2 is 1.68 bits per heavy atom. The first-order valence-corrected chi connectivity index (χ1v) is 7.94. The van der Waals surface area contributed by atoms with E-state index in [0.29, 0.717) is 12.2 Å².